The molecule has 3 radical (unpaired) electrons. The van der Waals surface area contributed by atoms with Crippen molar-refractivity contribution in [1.82, 2.24) is 9.97 Å². The van der Waals surface area contributed by atoms with Crippen molar-refractivity contribution in [2.24, 2.45) is 0 Å². The fourth-order valence-corrected chi connectivity index (χ4v) is 1.68. The van der Waals surface area contributed by atoms with Gasteiger partial charge in [0, 0.05) is 23.2 Å². The second-order valence-electron chi connectivity index (χ2n) is 3.22. The van der Waals surface area contributed by atoms with Gasteiger partial charge < -0.3 is 17.0 Å². The summed E-state index contributed by atoms with van der Waals surface area (Å²) in [5, 5.41) is 2.28. The van der Waals surface area contributed by atoms with Crippen LogP contribution in [0, 0.1) is 0 Å². The normalized spacial score (nSPS) is 9.29. The Balaban J connectivity index is 0.000000459. The number of hydrogen-bond acceptors (Lipinski definition) is 2. The zero-order valence-electron chi connectivity index (χ0n) is 8.77. The molecule has 0 aliphatic rings. The summed E-state index contributed by atoms with van der Waals surface area (Å²) in [5.41, 5.74) is 1.95. The Labute approximate surface area is 125 Å². The van der Waals surface area contributed by atoms with Crippen LogP contribution in [0.5, 0.6) is 0 Å². The van der Waals surface area contributed by atoms with E-state index in [1.54, 1.807) is 12.4 Å². The van der Waals surface area contributed by atoms with E-state index in [-0.39, 0.29) is 17.0 Å². The summed E-state index contributed by atoms with van der Waals surface area (Å²) in [4.78, 5) is 8.69. The van der Waals surface area contributed by atoms with Gasteiger partial charge in [-0.3, -0.25) is 9.97 Å². The maximum absolute atomic E-state index is 4.35. The van der Waals surface area contributed by atoms with Crippen LogP contribution in [0.25, 0.3) is 21.8 Å². The van der Waals surface area contributed by atoms with E-state index < -0.39 is 0 Å². The van der Waals surface area contributed by atoms with Crippen molar-refractivity contribution in [2.75, 3.05) is 0 Å². The average Bonchev–Trinajstić information content (AvgIpc) is 2.41. The van der Waals surface area contributed by atoms with Crippen LogP contribution in [0.3, 0.4) is 0 Å². The van der Waals surface area contributed by atoms with E-state index in [2.05, 4.69) is 48.2 Å². The maximum Gasteiger partial charge on any atom is 0.0964 e. The smallest absolute Gasteiger partial charge is 0.0964 e. The molecule has 0 amide bonds. The van der Waals surface area contributed by atoms with Crippen molar-refractivity contribution in [3.63, 3.8) is 0 Å². The molecule has 0 bridgehead atoms. The first kappa shape index (κ1) is 14.6. The van der Waals surface area contributed by atoms with Gasteiger partial charge in [-0.25, -0.2) is 0 Å². The summed E-state index contributed by atoms with van der Waals surface area (Å²) < 4.78 is 0. The van der Waals surface area contributed by atoms with Crippen molar-refractivity contribution in [3.05, 3.63) is 48.8 Å². The molecule has 2 nitrogen and oxygen atoms in total. The van der Waals surface area contributed by atoms with Gasteiger partial charge in [0.05, 0.1) is 11.0 Å². The Morgan fingerprint density at radius 3 is 1.59 bits per heavy atom. The quantitative estimate of drug-likeness (QED) is 0.391. The third kappa shape index (κ3) is 3.06. The molecule has 85 valence electrons. The number of halogens is 2. The SMILES string of the molecule is [Br-].[Ge][Br].c1cnc2c(c1)ccc1cccnc12. The molecule has 0 aliphatic carbocycles. The van der Waals surface area contributed by atoms with Gasteiger partial charge in [-0.1, -0.05) is 24.3 Å². The second-order valence-corrected chi connectivity index (χ2v) is 3.22. The first-order valence-electron chi connectivity index (χ1n) is 4.72. The molecule has 3 rings (SSSR count). The minimum absolute atomic E-state index is 0. The Morgan fingerprint density at radius 2 is 1.18 bits per heavy atom. The number of hydrogen-bond donors (Lipinski definition) is 0. The Morgan fingerprint density at radius 1 is 0.765 bits per heavy atom. The molecule has 0 atom stereocenters. The van der Waals surface area contributed by atoms with Gasteiger partial charge >= 0.3 is 28.7 Å². The van der Waals surface area contributed by atoms with Crippen LogP contribution in [-0.2, 0) is 0 Å². The van der Waals surface area contributed by atoms with Crippen molar-refractivity contribution in [2.45, 2.75) is 0 Å². The van der Waals surface area contributed by atoms with Crippen molar-refractivity contribution < 1.29 is 17.0 Å². The number of benzene rings is 1. The minimum Gasteiger partial charge on any atom is -0.254 e. The van der Waals surface area contributed by atoms with E-state index in [0.717, 1.165) is 21.8 Å². The van der Waals surface area contributed by atoms with Crippen LogP contribution in [-0.4, -0.2) is 24.6 Å². The minimum atomic E-state index is 0. The Bertz CT molecular complexity index is 561. The predicted octanol–water partition coefficient (Wildman–Crippen LogP) is 0.252. The standard InChI is InChI=1S/C12H8N2.BrGe.BrH/c1-3-9-5-6-10-4-2-8-14-12(10)11(9)13-7-1;1-2;/h1-8H;;1H/p-1. The molecule has 1 aromatic carbocycles. The predicted molar refractivity (Wildman–Crippen MR) is 71.7 cm³/mol. The van der Waals surface area contributed by atoms with Gasteiger partial charge in [0.2, 0.25) is 0 Å². The first-order valence-corrected chi connectivity index (χ1v) is 9.64. The summed E-state index contributed by atoms with van der Waals surface area (Å²) in [5.74, 6) is 0. The largest absolute Gasteiger partial charge is 0.254 e. The van der Waals surface area contributed by atoms with Gasteiger partial charge in [-0.15, -0.1) is 0 Å². The molecule has 0 unspecified atom stereocenters. The van der Waals surface area contributed by atoms with Crippen LogP contribution in [0.2, 0.25) is 0 Å². The van der Waals surface area contributed by atoms with Gasteiger partial charge in [-0.05, 0) is 12.1 Å². The topological polar surface area (TPSA) is 25.8 Å². The molecule has 5 heteroatoms. The summed E-state index contributed by atoms with van der Waals surface area (Å²) in [6.07, 6.45) is 3.60. The first-order chi connectivity index (χ1) is 7.95. The van der Waals surface area contributed by atoms with E-state index >= 15 is 0 Å². The van der Waals surface area contributed by atoms with Crippen LogP contribution < -0.4 is 17.0 Å². The summed E-state index contributed by atoms with van der Waals surface area (Å²) in [6, 6.07) is 12.1. The van der Waals surface area contributed by atoms with Gasteiger partial charge in [0.1, 0.15) is 0 Å². The third-order valence-electron chi connectivity index (χ3n) is 2.34. The van der Waals surface area contributed by atoms with E-state index in [1.807, 2.05) is 26.8 Å². The number of aromatic nitrogens is 2. The average molecular weight is 413 g/mol. The summed E-state index contributed by atoms with van der Waals surface area (Å²) in [6.45, 7) is 0. The van der Waals surface area contributed by atoms with Gasteiger partial charge in [0.25, 0.3) is 0 Å². The number of nitrogens with zero attached hydrogens (tertiary/aromatic N) is 2. The molecule has 0 fully saturated rings. The molecular weight excluding hydrogens is 405 g/mol. The van der Waals surface area contributed by atoms with E-state index in [1.165, 1.54) is 0 Å². The fourth-order valence-electron chi connectivity index (χ4n) is 1.68. The molecule has 0 spiro atoms. The maximum atomic E-state index is 4.35. The molecule has 0 N–H and O–H groups in total. The van der Waals surface area contributed by atoms with Crippen LogP contribution >= 0.6 is 14.0 Å². The van der Waals surface area contributed by atoms with Crippen LogP contribution in [0.15, 0.2) is 48.8 Å². The molecular formula is C12H8Br2GeN2-. The molecule has 2 heterocycles. The van der Waals surface area contributed by atoms with Crippen LogP contribution in [0.1, 0.15) is 0 Å². The van der Waals surface area contributed by atoms with Crippen molar-refractivity contribution in [1.29, 1.82) is 0 Å². The van der Waals surface area contributed by atoms with Crippen molar-refractivity contribution in [3.8, 4) is 0 Å². The summed E-state index contributed by atoms with van der Waals surface area (Å²) in [7, 11) is 0. The van der Waals surface area contributed by atoms with Crippen molar-refractivity contribution >= 4 is 50.5 Å². The zero-order chi connectivity index (χ0) is 11.4. The van der Waals surface area contributed by atoms with E-state index in [0.29, 0.717) is 0 Å². The van der Waals surface area contributed by atoms with E-state index in [9.17, 15) is 0 Å². The third-order valence-corrected chi connectivity index (χ3v) is 2.34. The zero-order valence-corrected chi connectivity index (χ0v) is 14.0. The Hall–Kier alpha value is -0.457. The number of fused-ring (bicyclic) bond motifs is 3. The molecule has 3 aromatic rings. The van der Waals surface area contributed by atoms with E-state index in [4.69, 9.17) is 0 Å². The molecule has 0 saturated carbocycles. The van der Waals surface area contributed by atoms with Gasteiger partial charge in [-0.2, -0.15) is 0 Å². The van der Waals surface area contributed by atoms with Crippen LogP contribution in [0.4, 0.5) is 0 Å². The monoisotopic (exact) mass is 412 g/mol. The second kappa shape index (κ2) is 7.08. The fraction of sp³-hybridized carbons (Fsp3) is 0. The number of rotatable bonds is 0. The summed E-state index contributed by atoms with van der Waals surface area (Å²) >= 11 is 4.75. The number of pyridine rings is 2. The Kier molecular flexibility index (Phi) is 6.08. The molecule has 2 aromatic heterocycles. The molecule has 17 heavy (non-hydrogen) atoms. The van der Waals surface area contributed by atoms with Gasteiger partial charge in [0.15, 0.2) is 0 Å². The molecule has 0 saturated heterocycles. The molecule has 0 aliphatic heterocycles.